The molecule has 1 aliphatic rings. The molecule has 0 amide bonds. The van der Waals surface area contributed by atoms with Crippen molar-refractivity contribution in [2.75, 3.05) is 38.7 Å². The number of halogens is 1. The lowest BCUT2D eigenvalue weighted by atomic mass is 10.2. The molecule has 1 atom stereocenters. The van der Waals surface area contributed by atoms with Gasteiger partial charge in [-0.3, -0.25) is 9.89 Å². The smallest absolute Gasteiger partial charge is 0.193 e. The highest BCUT2D eigenvalue weighted by molar-refractivity contribution is 14.0. The normalized spacial score (nSPS) is 17.2. The van der Waals surface area contributed by atoms with E-state index in [1.54, 1.807) is 7.11 Å². The quantitative estimate of drug-likeness (QED) is 0.329. The number of hydrogen-bond acceptors (Lipinski definition) is 4. The van der Waals surface area contributed by atoms with Crippen LogP contribution >= 0.6 is 24.0 Å². The number of hydrogen-bond donors (Lipinski definition) is 2. The number of benzene rings is 2. The van der Waals surface area contributed by atoms with E-state index in [0.29, 0.717) is 18.5 Å². The zero-order valence-corrected chi connectivity index (χ0v) is 18.5. The van der Waals surface area contributed by atoms with Crippen LogP contribution in [0.4, 0.5) is 5.69 Å². The summed E-state index contributed by atoms with van der Waals surface area (Å²) in [6.07, 6.45) is 2.36. The molecule has 28 heavy (non-hydrogen) atoms. The minimum atomic E-state index is 0. The minimum Gasteiger partial charge on any atom is -0.457 e. The summed E-state index contributed by atoms with van der Waals surface area (Å²) < 4.78 is 11.0. The Balaban J connectivity index is 0.00000280. The summed E-state index contributed by atoms with van der Waals surface area (Å²) in [5, 5.41) is 3.15. The van der Waals surface area contributed by atoms with Crippen molar-refractivity contribution < 1.29 is 9.47 Å². The maximum Gasteiger partial charge on any atom is 0.193 e. The number of para-hydroxylation sites is 1. The van der Waals surface area contributed by atoms with Crippen molar-refractivity contribution in [2.24, 2.45) is 10.7 Å². The van der Waals surface area contributed by atoms with E-state index in [1.807, 2.05) is 54.6 Å². The fraction of sp³-hybridized carbons (Fsp3) is 0.381. The Morgan fingerprint density at radius 3 is 2.75 bits per heavy atom. The molecule has 0 saturated carbocycles. The number of guanidine groups is 1. The third-order valence-electron chi connectivity index (χ3n) is 4.64. The number of nitrogens with zero attached hydrogens (tertiary/aromatic N) is 2. The highest BCUT2D eigenvalue weighted by Gasteiger charge is 2.23. The second-order valence-corrected chi connectivity index (χ2v) is 6.62. The van der Waals surface area contributed by atoms with Crippen LogP contribution in [0.5, 0.6) is 11.5 Å². The molecule has 1 heterocycles. The maximum absolute atomic E-state index is 6.09. The maximum atomic E-state index is 6.09. The van der Waals surface area contributed by atoms with E-state index in [-0.39, 0.29) is 24.0 Å². The van der Waals surface area contributed by atoms with Crippen molar-refractivity contribution in [3.63, 3.8) is 0 Å². The summed E-state index contributed by atoms with van der Waals surface area (Å²) in [6.45, 7) is 3.50. The zero-order chi connectivity index (χ0) is 18.9. The van der Waals surface area contributed by atoms with E-state index in [1.165, 1.54) is 6.42 Å². The van der Waals surface area contributed by atoms with Gasteiger partial charge < -0.3 is 20.5 Å². The largest absolute Gasteiger partial charge is 0.457 e. The van der Waals surface area contributed by atoms with Gasteiger partial charge in [0.05, 0.1) is 13.2 Å². The van der Waals surface area contributed by atoms with E-state index in [4.69, 9.17) is 15.2 Å². The molecule has 0 bridgehead atoms. The van der Waals surface area contributed by atoms with Crippen molar-refractivity contribution in [2.45, 2.75) is 18.9 Å². The molecule has 152 valence electrons. The summed E-state index contributed by atoms with van der Waals surface area (Å²) in [5.74, 6) is 1.97. The highest BCUT2D eigenvalue weighted by Crippen LogP contribution is 2.23. The first kappa shape index (κ1) is 22.4. The second kappa shape index (κ2) is 11.9. The lowest BCUT2D eigenvalue weighted by Crippen LogP contribution is -2.35. The van der Waals surface area contributed by atoms with E-state index >= 15 is 0 Å². The molecule has 3 rings (SSSR count). The number of likely N-dealkylation sites (tertiary alicyclic amines) is 1. The van der Waals surface area contributed by atoms with Crippen molar-refractivity contribution in [1.29, 1.82) is 0 Å². The van der Waals surface area contributed by atoms with Gasteiger partial charge in [-0.05, 0) is 43.7 Å². The molecule has 0 radical (unpaired) electrons. The number of ether oxygens (including phenoxy) is 2. The van der Waals surface area contributed by atoms with Crippen molar-refractivity contribution in [1.82, 2.24) is 4.90 Å². The Morgan fingerprint density at radius 2 is 1.96 bits per heavy atom. The Kier molecular flexibility index (Phi) is 9.52. The molecule has 0 spiro atoms. The van der Waals surface area contributed by atoms with E-state index in [0.717, 1.165) is 43.3 Å². The summed E-state index contributed by atoms with van der Waals surface area (Å²) in [5.41, 5.74) is 6.94. The van der Waals surface area contributed by atoms with Gasteiger partial charge in [-0.25, -0.2) is 0 Å². The summed E-state index contributed by atoms with van der Waals surface area (Å²) in [6, 6.07) is 17.8. The van der Waals surface area contributed by atoms with Crippen LogP contribution in [0, 0.1) is 0 Å². The lowest BCUT2D eigenvalue weighted by Gasteiger charge is -2.22. The SMILES string of the molecule is COCCN1CCCC1CN=C(N)Nc1cccc(Oc2ccccc2)c1.I. The average molecular weight is 496 g/mol. The third-order valence-corrected chi connectivity index (χ3v) is 4.64. The molecular formula is C21H29IN4O2. The topological polar surface area (TPSA) is 72.1 Å². The molecule has 2 aromatic rings. The third kappa shape index (κ3) is 6.96. The zero-order valence-electron chi connectivity index (χ0n) is 16.2. The second-order valence-electron chi connectivity index (χ2n) is 6.62. The lowest BCUT2D eigenvalue weighted by molar-refractivity contribution is 0.143. The number of nitrogens with two attached hydrogens (primary N) is 1. The number of rotatable bonds is 8. The van der Waals surface area contributed by atoms with Crippen molar-refractivity contribution in [3.05, 3.63) is 54.6 Å². The van der Waals surface area contributed by atoms with Crippen LogP contribution in [0.25, 0.3) is 0 Å². The van der Waals surface area contributed by atoms with Crippen LogP contribution in [0.15, 0.2) is 59.6 Å². The first-order chi connectivity index (χ1) is 13.2. The monoisotopic (exact) mass is 496 g/mol. The molecular weight excluding hydrogens is 467 g/mol. The first-order valence-electron chi connectivity index (χ1n) is 9.37. The Hall–Kier alpha value is -1.84. The van der Waals surface area contributed by atoms with Crippen molar-refractivity contribution >= 4 is 35.6 Å². The van der Waals surface area contributed by atoms with Crippen LogP contribution in [0.2, 0.25) is 0 Å². The molecule has 3 N–H and O–H groups in total. The van der Waals surface area contributed by atoms with Gasteiger partial charge in [-0.2, -0.15) is 0 Å². The van der Waals surface area contributed by atoms with Crippen LogP contribution < -0.4 is 15.8 Å². The molecule has 0 aliphatic carbocycles. The average Bonchev–Trinajstić information content (AvgIpc) is 3.13. The molecule has 0 aromatic heterocycles. The van der Waals surface area contributed by atoms with Gasteiger partial charge in [0.2, 0.25) is 0 Å². The summed E-state index contributed by atoms with van der Waals surface area (Å²) in [7, 11) is 1.74. The number of nitrogens with one attached hydrogen (secondary N) is 1. The fourth-order valence-electron chi connectivity index (χ4n) is 3.26. The minimum absolute atomic E-state index is 0. The van der Waals surface area contributed by atoms with Crippen molar-refractivity contribution in [3.8, 4) is 11.5 Å². The molecule has 1 unspecified atom stereocenters. The number of anilines is 1. The Bertz CT molecular complexity index is 742. The Morgan fingerprint density at radius 1 is 1.18 bits per heavy atom. The standard InChI is InChI=1S/C21H28N4O2.HI/c1-26-14-13-25-12-6-8-18(25)16-23-21(22)24-17-7-5-11-20(15-17)27-19-9-3-2-4-10-19;/h2-5,7,9-11,15,18H,6,8,12-14,16H2,1H3,(H3,22,23,24);1H. The van der Waals surface area contributed by atoms with Crippen LogP contribution in [-0.2, 0) is 4.74 Å². The van der Waals surface area contributed by atoms with Crippen LogP contribution in [0.1, 0.15) is 12.8 Å². The Labute approximate surface area is 184 Å². The fourth-order valence-corrected chi connectivity index (χ4v) is 3.26. The van der Waals surface area contributed by atoms with E-state index in [2.05, 4.69) is 15.2 Å². The molecule has 6 nitrogen and oxygen atoms in total. The molecule has 1 aliphatic heterocycles. The molecule has 1 saturated heterocycles. The van der Waals surface area contributed by atoms with Crippen LogP contribution in [0.3, 0.4) is 0 Å². The van der Waals surface area contributed by atoms with Gasteiger partial charge in [0.15, 0.2) is 5.96 Å². The van der Waals surface area contributed by atoms with Gasteiger partial charge in [0.25, 0.3) is 0 Å². The van der Waals surface area contributed by atoms with Gasteiger partial charge in [0.1, 0.15) is 11.5 Å². The van der Waals surface area contributed by atoms with Gasteiger partial charge in [0, 0.05) is 31.5 Å². The highest BCUT2D eigenvalue weighted by atomic mass is 127. The predicted octanol–water partition coefficient (Wildman–Crippen LogP) is 3.93. The number of methoxy groups -OCH3 is 1. The predicted molar refractivity (Wildman–Crippen MR) is 125 cm³/mol. The van der Waals surface area contributed by atoms with Gasteiger partial charge in [-0.1, -0.05) is 24.3 Å². The molecule has 7 heteroatoms. The number of aliphatic imine (C=N–C) groups is 1. The molecule has 1 fully saturated rings. The van der Waals surface area contributed by atoms with E-state index in [9.17, 15) is 0 Å². The summed E-state index contributed by atoms with van der Waals surface area (Å²) >= 11 is 0. The first-order valence-corrected chi connectivity index (χ1v) is 9.37. The van der Waals surface area contributed by atoms with Crippen LogP contribution in [-0.4, -0.2) is 50.3 Å². The van der Waals surface area contributed by atoms with Gasteiger partial charge >= 0.3 is 0 Å². The molecule has 2 aromatic carbocycles. The van der Waals surface area contributed by atoms with E-state index < -0.39 is 0 Å². The van der Waals surface area contributed by atoms with Gasteiger partial charge in [-0.15, -0.1) is 24.0 Å². The summed E-state index contributed by atoms with van der Waals surface area (Å²) in [4.78, 5) is 6.96.